The Balaban J connectivity index is 1.91. The van der Waals surface area contributed by atoms with E-state index in [4.69, 9.17) is 4.74 Å². The first-order valence-electron chi connectivity index (χ1n) is 5.02. The minimum absolute atomic E-state index is 0.374. The van der Waals surface area contributed by atoms with E-state index in [1.54, 1.807) is 0 Å². The smallest absolute Gasteiger partial charge is 0.233 e. The molecule has 1 N–H and O–H groups in total. The van der Waals surface area contributed by atoms with Gasteiger partial charge in [0.2, 0.25) is 5.88 Å². The topological polar surface area (TPSA) is 47.0 Å². The number of aromatic nitrogens is 2. The molecule has 0 radical (unpaired) electrons. The van der Waals surface area contributed by atoms with E-state index in [1.165, 1.54) is 6.42 Å². The normalized spacial score (nSPS) is 16.4. The van der Waals surface area contributed by atoms with Gasteiger partial charge in [-0.1, -0.05) is 0 Å². The van der Waals surface area contributed by atoms with Gasteiger partial charge in [-0.2, -0.15) is 5.10 Å². The molecule has 1 aromatic heterocycles. The van der Waals surface area contributed by atoms with Crippen LogP contribution in [0.5, 0.6) is 5.88 Å². The van der Waals surface area contributed by atoms with Crippen LogP contribution in [0.4, 0.5) is 0 Å². The van der Waals surface area contributed by atoms with E-state index in [-0.39, 0.29) is 0 Å². The summed E-state index contributed by atoms with van der Waals surface area (Å²) in [7, 11) is 1.89. The molecule has 1 aliphatic carbocycles. The lowest BCUT2D eigenvalue weighted by Crippen LogP contribution is -2.25. The van der Waals surface area contributed by atoms with E-state index >= 15 is 0 Å². The Labute approximate surface area is 83.7 Å². The molecule has 1 fully saturated rings. The van der Waals surface area contributed by atoms with Gasteiger partial charge in [0, 0.05) is 12.6 Å². The summed E-state index contributed by atoms with van der Waals surface area (Å²) >= 11 is 0. The first-order chi connectivity index (χ1) is 6.88. The minimum Gasteiger partial charge on any atom is -0.473 e. The van der Waals surface area contributed by atoms with Crippen LogP contribution in [-0.2, 0) is 6.54 Å². The van der Waals surface area contributed by atoms with Gasteiger partial charge in [0.15, 0.2) is 0 Å². The van der Waals surface area contributed by atoms with Crippen molar-refractivity contribution < 1.29 is 4.74 Å². The average Bonchev–Trinajstić information content (AvgIpc) is 2.14. The molecule has 1 heterocycles. The molecule has 0 spiro atoms. The second kappa shape index (κ2) is 4.37. The standard InChI is InChI=1S/C10H15N3O/c1-11-7-8-5-6-10(13-12-8)14-9-3-2-4-9/h5-6,9,11H,2-4,7H2,1H3. The van der Waals surface area contributed by atoms with Gasteiger partial charge in [-0.25, -0.2) is 0 Å². The summed E-state index contributed by atoms with van der Waals surface area (Å²) in [6.07, 6.45) is 3.95. The van der Waals surface area contributed by atoms with Crippen molar-refractivity contribution in [2.45, 2.75) is 31.9 Å². The third-order valence-electron chi connectivity index (χ3n) is 2.39. The van der Waals surface area contributed by atoms with E-state index in [2.05, 4.69) is 15.5 Å². The number of ether oxygens (including phenoxy) is 1. The zero-order valence-electron chi connectivity index (χ0n) is 8.36. The first-order valence-corrected chi connectivity index (χ1v) is 5.02. The highest BCUT2D eigenvalue weighted by Crippen LogP contribution is 2.23. The summed E-state index contributed by atoms with van der Waals surface area (Å²) in [6, 6.07) is 3.83. The van der Waals surface area contributed by atoms with Crippen LogP contribution >= 0.6 is 0 Å². The quantitative estimate of drug-likeness (QED) is 0.778. The van der Waals surface area contributed by atoms with Crippen LogP contribution in [0.2, 0.25) is 0 Å². The van der Waals surface area contributed by atoms with Gasteiger partial charge in [0.25, 0.3) is 0 Å². The summed E-state index contributed by atoms with van der Waals surface area (Å²) in [5.74, 6) is 0.648. The molecule has 4 nitrogen and oxygen atoms in total. The van der Waals surface area contributed by atoms with Gasteiger partial charge in [-0.3, -0.25) is 0 Å². The van der Waals surface area contributed by atoms with Crippen LogP contribution in [0.1, 0.15) is 25.0 Å². The molecule has 14 heavy (non-hydrogen) atoms. The minimum atomic E-state index is 0.374. The van der Waals surface area contributed by atoms with Crippen LogP contribution < -0.4 is 10.1 Å². The Bertz CT molecular complexity index is 282. The number of rotatable bonds is 4. The van der Waals surface area contributed by atoms with Gasteiger partial charge in [0.1, 0.15) is 6.10 Å². The summed E-state index contributed by atoms with van der Waals surface area (Å²) in [6.45, 7) is 0.747. The fraction of sp³-hybridized carbons (Fsp3) is 0.600. The number of hydrogen-bond donors (Lipinski definition) is 1. The van der Waals surface area contributed by atoms with Crippen molar-refractivity contribution in [3.63, 3.8) is 0 Å². The summed E-state index contributed by atoms with van der Waals surface area (Å²) < 4.78 is 5.59. The van der Waals surface area contributed by atoms with E-state index in [0.717, 1.165) is 25.1 Å². The second-order valence-electron chi connectivity index (χ2n) is 3.56. The van der Waals surface area contributed by atoms with Gasteiger partial charge in [0.05, 0.1) is 5.69 Å². The number of nitrogens with zero attached hydrogens (tertiary/aromatic N) is 2. The maximum absolute atomic E-state index is 5.59. The highest BCUT2D eigenvalue weighted by molar-refractivity contribution is 5.11. The number of hydrogen-bond acceptors (Lipinski definition) is 4. The SMILES string of the molecule is CNCc1ccc(OC2CCC2)nn1. The molecule has 0 amide bonds. The van der Waals surface area contributed by atoms with Crippen molar-refractivity contribution in [2.75, 3.05) is 7.05 Å². The molecule has 0 bridgehead atoms. The van der Waals surface area contributed by atoms with Crippen molar-refractivity contribution >= 4 is 0 Å². The van der Waals surface area contributed by atoms with Crippen LogP contribution in [0.25, 0.3) is 0 Å². The fourth-order valence-corrected chi connectivity index (χ4v) is 1.35. The molecular formula is C10H15N3O. The molecule has 1 aromatic rings. The second-order valence-corrected chi connectivity index (χ2v) is 3.56. The lowest BCUT2D eigenvalue weighted by atomic mass is 9.96. The summed E-state index contributed by atoms with van der Waals surface area (Å²) in [4.78, 5) is 0. The Morgan fingerprint density at radius 3 is 2.79 bits per heavy atom. The fourth-order valence-electron chi connectivity index (χ4n) is 1.35. The summed E-state index contributed by atoms with van der Waals surface area (Å²) in [5, 5.41) is 11.1. The highest BCUT2D eigenvalue weighted by atomic mass is 16.5. The van der Waals surface area contributed by atoms with Gasteiger partial charge < -0.3 is 10.1 Å². The van der Waals surface area contributed by atoms with Crippen LogP contribution in [0.15, 0.2) is 12.1 Å². The molecule has 0 aliphatic heterocycles. The van der Waals surface area contributed by atoms with Crippen LogP contribution in [0, 0.1) is 0 Å². The van der Waals surface area contributed by atoms with Crippen molar-refractivity contribution in [3.8, 4) is 5.88 Å². The molecule has 76 valence electrons. The Morgan fingerprint density at radius 1 is 1.43 bits per heavy atom. The maximum Gasteiger partial charge on any atom is 0.233 e. The zero-order chi connectivity index (χ0) is 9.80. The van der Waals surface area contributed by atoms with Crippen LogP contribution in [0.3, 0.4) is 0 Å². The molecule has 0 aromatic carbocycles. The Kier molecular flexibility index (Phi) is 2.93. The molecule has 0 unspecified atom stereocenters. The predicted molar refractivity (Wildman–Crippen MR) is 53.1 cm³/mol. The van der Waals surface area contributed by atoms with Gasteiger partial charge in [-0.15, -0.1) is 5.10 Å². The molecule has 0 saturated heterocycles. The van der Waals surface area contributed by atoms with E-state index in [0.29, 0.717) is 12.0 Å². The van der Waals surface area contributed by atoms with E-state index in [1.807, 2.05) is 19.2 Å². The van der Waals surface area contributed by atoms with Crippen LogP contribution in [-0.4, -0.2) is 23.3 Å². The Morgan fingerprint density at radius 2 is 2.29 bits per heavy atom. The maximum atomic E-state index is 5.59. The molecule has 1 saturated carbocycles. The van der Waals surface area contributed by atoms with Crippen molar-refractivity contribution in [3.05, 3.63) is 17.8 Å². The highest BCUT2D eigenvalue weighted by Gasteiger charge is 2.19. The lowest BCUT2D eigenvalue weighted by Gasteiger charge is -2.25. The molecule has 1 aliphatic rings. The third-order valence-corrected chi connectivity index (χ3v) is 2.39. The molecular weight excluding hydrogens is 178 g/mol. The third kappa shape index (κ3) is 2.20. The zero-order valence-corrected chi connectivity index (χ0v) is 8.36. The lowest BCUT2D eigenvalue weighted by molar-refractivity contribution is 0.113. The Hall–Kier alpha value is -1.16. The molecule has 0 atom stereocenters. The van der Waals surface area contributed by atoms with Crippen molar-refractivity contribution in [2.24, 2.45) is 0 Å². The average molecular weight is 193 g/mol. The molecule has 2 rings (SSSR count). The van der Waals surface area contributed by atoms with Crippen molar-refractivity contribution in [1.82, 2.24) is 15.5 Å². The predicted octanol–water partition coefficient (Wildman–Crippen LogP) is 1.13. The van der Waals surface area contributed by atoms with Crippen molar-refractivity contribution in [1.29, 1.82) is 0 Å². The van der Waals surface area contributed by atoms with E-state index < -0.39 is 0 Å². The summed E-state index contributed by atoms with van der Waals surface area (Å²) in [5.41, 5.74) is 0.938. The monoisotopic (exact) mass is 193 g/mol. The van der Waals surface area contributed by atoms with Gasteiger partial charge in [-0.05, 0) is 32.4 Å². The molecule has 4 heteroatoms. The van der Waals surface area contributed by atoms with Gasteiger partial charge >= 0.3 is 0 Å². The largest absolute Gasteiger partial charge is 0.473 e. The first kappa shape index (κ1) is 9.40. The van der Waals surface area contributed by atoms with E-state index in [9.17, 15) is 0 Å². The number of nitrogens with one attached hydrogen (secondary N) is 1.